The van der Waals surface area contributed by atoms with Crippen molar-refractivity contribution < 1.29 is 4.79 Å². The summed E-state index contributed by atoms with van der Waals surface area (Å²) in [5.74, 6) is -0.227. The van der Waals surface area contributed by atoms with Crippen molar-refractivity contribution in [3.63, 3.8) is 0 Å². The maximum absolute atomic E-state index is 12.1. The van der Waals surface area contributed by atoms with Gasteiger partial charge in [0, 0.05) is 9.85 Å². The van der Waals surface area contributed by atoms with Crippen LogP contribution in [0.25, 0.3) is 0 Å². The highest BCUT2D eigenvalue weighted by Gasteiger charge is 2.14. The number of hydrogen-bond donors (Lipinski definition) is 2. The van der Waals surface area contributed by atoms with Gasteiger partial charge in [0.15, 0.2) is 0 Å². The van der Waals surface area contributed by atoms with Gasteiger partial charge >= 0.3 is 0 Å². The summed E-state index contributed by atoms with van der Waals surface area (Å²) in [4.78, 5) is 16.3. The zero-order valence-electron chi connectivity index (χ0n) is 10.6. The molecule has 1 heterocycles. The van der Waals surface area contributed by atoms with Crippen molar-refractivity contribution in [2.75, 3.05) is 5.32 Å². The van der Waals surface area contributed by atoms with Crippen LogP contribution in [0.15, 0.2) is 28.1 Å². The van der Waals surface area contributed by atoms with Gasteiger partial charge in [-0.3, -0.25) is 4.79 Å². The fourth-order valence-electron chi connectivity index (χ4n) is 1.53. The molecule has 1 amide bonds. The smallest absolute Gasteiger partial charge is 0.275 e. The molecular formula is C13H14BrN3OS. The minimum atomic E-state index is -0.227. The number of carbonyl (C=O) groups excluding carboxylic acids is 1. The van der Waals surface area contributed by atoms with Crippen LogP contribution in [0.4, 0.5) is 5.69 Å². The number of benzene rings is 1. The molecule has 2 rings (SSSR count). The highest BCUT2D eigenvalue weighted by molar-refractivity contribution is 9.10. The maximum Gasteiger partial charge on any atom is 0.275 e. The molecule has 1 aromatic heterocycles. The first-order valence-electron chi connectivity index (χ1n) is 5.76. The lowest BCUT2D eigenvalue weighted by Crippen LogP contribution is -2.13. The zero-order valence-corrected chi connectivity index (χ0v) is 13.0. The SMILES string of the molecule is Cc1cccc(NC(=O)c2csc(C(C)N)n2)c1Br. The largest absolute Gasteiger partial charge is 0.322 e. The molecule has 6 heteroatoms. The first-order chi connectivity index (χ1) is 8.99. The number of aryl methyl sites for hydroxylation is 1. The fourth-order valence-corrected chi connectivity index (χ4v) is 2.65. The second-order valence-electron chi connectivity index (χ2n) is 4.25. The van der Waals surface area contributed by atoms with Gasteiger partial charge in [-0.05, 0) is 41.4 Å². The van der Waals surface area contributed by atoms with E-state index >= 15 is 0 Å². The molecular weight excluding hydrogens is 326 g/mol. The van der Waals surface area contributed by atoms with Crippen LogP contribution in [0.1, 0.15) is 34.0 Å². The molecule has 0 radical (unpaired) electrons. The number of hydrogen-bond acceptors (Lipinski definition) is 4. The van der Waals surface area contributed by atoms with Gasteiger partial charge < -0.3 is 11.1 Å². The predicted molar refractivity (Wildman–Crippen MR) is 81.5 cm³/mol. The van der Waals surface area contributed by atoms with Crippen molar-refractivity contribution >= 4 is 38.9 Å². The van der Waals surface area contributed by atoms with Crippen molar-refractivity contribution in [1.82, 2.24) is 4.98 Å². The van der Waals surface area contributed by atoms with Gasteiger partial charge in [0.05, 0.1) is 11.7 Å². The third kappa shape index (κ3) is 3.20. The van der Waals surface area contributed by atoms with Gasteiger partial charge in [-0.2, -0.15) is 0 Å². The molecule has 0 fully saturated rings. The van der Waals surface area contributed by atoms with Crippen LogP contribution in [0.5, 0.6) is 0 Å². The van der Waals surface area contributed by atoms with Crippen molar-refractivity contribution in [2.24, 2.45) is 5.73 Å². The van der Waals surface area contributed by atoms with Crippen LogP contribution in [-0.4, -0.2) is 10.9 Å². The Morgan fingerprint density at radius 2 is 2.26 bits per heavy atom. The lowest BCUT2D eigenvalue weighted by molar-refractivity contribution is 0.102. The summed E-state index contributed by atoms with van der Waals surface area (Å²) in [5.41, 5.74) is 7.93. The van der Waals surface area contributed by atoms with Crippen molar-refractivity contribution in [3.8, 4) is 0 Å². The van der Waals surface area contributed by atoms with Gasteiger partial charge in [0.1, 0.15) is 10.7 Å². The molecule has 0 saturated heterocycles. The Morgan fingerprint density at radius 3 is 2.89 bits per heavy atom. The number of nitrogens with zero attached hydrogens (tertiary/aromatic N) is 1. The first-order valence-corrected chi connectivity index (χ1v) is 7.43. The van der Waals surface area contributed by atoms with E-state index in [9.17, 15) is 4.79 Å². The Morgan fingerprint density at radius 1 is 1.53 bits per heavy atom. The molecule has 3 N–H and O–H groups in total. The first kappa shape index (κ1) is 14.2. The van der Waals surface area contributed by atoms with E-state index in [1.54, 1.807) is 5.38 Å². The molecule has 0 saturated carbocycles. The number of anilines is 1. The molecule has 0 spiro atoms. The van der Waals surface area contributed by atoms with E-state index in [2.05, 4.69) is 26.2 Å². The molecule has 19 heavy (non-hydrogen) atoms. The average molecular weight is 340 g/mol. The Bertz CT molecular complexity index is 610. The Kier molecular flexibility index (Phi) is 4.34. The van der Waals surface area contributed by atoms with Crippen LogP contribution in [-0.2, 0) is 0 Å². The molecule has 0 aliphatic heterocycles. The lowest BCUT2D eigenvalue weighted by Gasteiger charge is -2.07. The minimum absolute atomic E-state index is 0.155. The molecule has 2 aromatic rings. The summed E-state index contributed by atoms with van der Waals surface area (Å²) < 4.78 is 0.881. The summed E-state index contributed by atoms with van der Waals surface area (Å²) in [6.45, 7) is 3.81. The van der Waals surface area contributed by atoms with E-state index in [0.717, 1.165) is 20.7 Å². The highest BCUT2D eigenvalue weighted by atomic mass is 79.9. The topological polar surface area (TPSA) is 68.0 Å². The standard InChI is InChI=1S/C13H14BrN3OS/c1-7-4-3-5-9(11(7)14)16-12(18)10-6-19-13(17-10)8(2)15/h3-6,8H,15H2,1-2H3,(H,16,18). The summed E-state index contributed by atoms with van der Waals surface area (Å²) >= 11 is 4.85. The summed E-state index contributed by atoms with van der Waals surface area (Å²) in [6.07, 6.45) is 0. The van der Waals surface area contributed by atoms with E-state index in [-0.39, 0.29) is 11.9 Å². The highest BCUT2D eigenvalue weighted by Crippen LogP contribution is 2.26. The third-order valence-corrected chi connectivity index (χ3v) is 4.68. The van der Waals surface area contributed by atoms with Gasteiger partial charge in [0.2, 0.25) is 0 Å². The Labute approximate surface area is 124 Å². The van der Waals surface area contributed by atoms with Crippen LogP contribution in [0, 0.1) is 6.92 Å². The minimum Gasteiger partial charge on any atom is -0.322 e. The number of nitrogens with one attached hydrogen (secondary N) is 1. The zero-order chi connectivity index (χ0) is 14.0. The number of aromatic nitrogens is 1. The van der Waals surface area contributed by atoms with E-state index in [1.165, 1.54) is 11.3 Å². The normalized spacial score (nSPS) is 12.2. The van der Waals surface area contributed by atoms with Gasteiger partial charge in [-0.15, -0.1) is 11.3 Å². The van der Waals surface area contributed by atoms with Gasteiger partial charge in [0.25, 0.3) is 5.91 Å². The van der Waals surface area contributed by atoms with Crippen LogP contribution in [0.2, 0.25) is 0 Å². The predicted octanol–water partition coefficient (Wildman–Crippen LogP) is 3.49. The van der Waals surface area contributed by atoms with Crippen LogP contribution < -0.4 is 11.1 Å². The maximum atomic E-state index is 12.1. The van der Waals surface area contributed by atoms with Gasteiger partial charge in [-0.1, -0.05) is 12.1 Å². The summed E-state index contributed by atoms with van der Waals surface area (Å²) in [5, 5.41) is 5.31. The molecule has 0 bridgehead atoms. The van der Waals surface area contributed by atoms with Crippen molar-refractivity contribution in [1.29, 1.82) is 0 Å². The van der Waals surface area contributed by atoms with Crippen molar-refractivity contribution in [2.45, 2.75) is 19.9 Å². The quantitative estimate of drug-likeness (QED) is 0.899. The number of carbonyl (C=O) groups is 1. The van der Waals surface area contributed by atoms with Crippen molar-refractivity contribution in [3.05, 3.63) is 44.3 Å². The molecule has 0 aliphatic rings. The molecule has 0 aliphatic carbocycles. The van der Waals surface area contributed by atoms with Gasteiger partial charge in [-0.25, -0.2) is 4.98 Å². The number of rotatable bonds is 3. The van der Waals surface area contributed by atoms with E-state index in [1.807, 2.05) is 32.0 Å². The Balaban J connectivity index is 2.18. The molecule has 1 unspecified atom stereocenters. The number of nitrogens with two attached hydrogens (primary N) is 1. The number of thiazole rings is 1. The average Bonchev–Trinajstić information content (AvgIpc) is 2.84. The molecule has 100 valence electrons. The van der Waals surface area contributed by atoms with Crippen LogP contribution >= 0.6 is 27.3 Å². The summed E-state index contributed by atoms with van der Waals surface area (Å²) in [7, 11) is 0. The molecule has 1 aromatic carbocycles. The summed E-state index contributed by atoms with van der Waals surface area (Å²) in [6, 6.07) is 5.55. The third-order valence-electron chi connectivity index (χ3n) is 2.58. The molecule has 4 nitrogen and oxygen atoms in total. The lowest BCUT2D eigenvalue weighted by atomic mass is 10.2. The Hall–Kier alpha value is -1.24. The second-order valence-corrected chi connectivity index (χ2v) is 5.93. The number of amides is 1. The van der Waals surface area contributed by atoms with E-state index < -0.39 is 0 Å². The van der Waals surface area contributed by atoms with Crippen LogP contribution in [0.3, 0.4) is 0 Å². The second kappa shape index (κ2) is 5.81. The fraction of sp³-hybridized carbons (Fsp3) is 0.231. The monoisotopic (exact) mass is 339 g/mol. The number of halogens is 1. The molecule has 1 atom stereocenters. The van der Waals surface area contributed by atoms with E-state index in [0.29, 0.717) is 5.69 Å². The van der Waals surface area contributed by atoms with E-state index in [4.69, 9.17) is 5.73 Å².